The van der Waals surface area contributed by atoms with E-state index in [1.165, 1.54) is 0 Å². The quantitative estimate of drug-likeness (QED) is 0.122. The zero-order valence-corrected chi connectivity index (χ0v) is 28.9. The molecule has 0 amide bonds. The lowest BCUT2D eigenvalue weighted by molar-refractivity contribution is -0.302. The van der Waals surface area contributed by atoms with Crippen LogP contribution < -0.4 is 0 Å². The van der Waals surface area contributed by atoms with Gasteiger partial charge in [-0.25, -0.2) is 0 Å². The van der Waals surface area contributed by atoms with Crippen molar-refractivity contribution in [3.8, 4) is 0 Å². The van der Waals surface area contributed by atoms with E-state index in [0.717, 1.165) is 0 Å². The van der Waals surface area contributed by atoms with Crippen LogP contribution in [0.25, 0.3) is 0 Å². The maximum Gasteiger partial charge on any atom is 0.314 e. The number of aliphatic hydroxyl groups is 10. The maximum atomic E-state index is 14.6. The van der Waals surface area contributed by atoms with Crippen molar-refractivity contribution in [2.75, 3.05) is 19.8 Å². The molecule has 0 aromatic carbocycles. The Labute approximate surface area is 286 Å². The van der Waals surface area contributed by atoms with Gasteiger partial charge in [0.2, 0.25) is 6.29 Å². The molecule has 7 aliphatic rings. The van der Waals surface area contributed by atoms with Crippen LogP contribution in [-0.4, -0.2) is 131 Å². The highest BCUT2D eigenvalue weighted by Crippen LogP contribution is 2.90. The molecule has 278 valence electrons. The molecule has 0 radical (unpaired) electrons. The van der Waals surface area contributed by atoms with Gasteiger partial charge in [0.1, 0.15) is 30.5 Å². The molecule has 0 spiro atoms. The smallest absolute Gasteiger partial charge is 0.314 e. The summed E-state index contributed by atoms with van der Waals surface area (Å²) in [5, 5.41) is 109. The van der Waals surface area contributed by atoms with Crippen LogP contribution in [0.1, 0.15) is 72.6 Å². The minimum Gasteiger partial charge on any atom is -0.432 e. The Bertz CT molecular complexity index is 1370. The third-order valence-corrected chi connectivity index (χ3v) is 16.3. The predicted octanol–water partition coefficient (Wildman–Crippen LogP) is -1.04. The molecular weight excluding hydrogens is 640 g/mol. The van der Waals surface area contributed by atoms with E-state index in [9.17, 15) is 55.9 Å². The number of hydrogen-bond acceptors (Lipinski definition) is 13. The fraction of sp³-hybridized carbons (Fsp3) is 0.917. The maximum absolute atomic E-state index is 14.6. The number of aliphatic hydroxyl groups excluding tert-OH is 9. The Morgan fingerprint density at radius 3 is 2.16 bits per heavy atom. The topological polar surface area (TPSA) is 238 Å². The minimum atomic E-state index is -1.78. The van der Waals surface area contributed by atoms with Crippen molar-refractivity contribution >= 4 is 5.97 Å². The first-order valence-corrected chi connectivity index (χ1v) is 18.0. The Balaban J connectivity index is 1.30. The lowest BCUT2D eigenvalue weighted by Gasteiger charge is -2.70. The van der Waals surface area contributed by atoms with Crippen molar-refractivity contribution in [3.63, 3.8) is 0 Å². The minimum absolute atomic E-state index is 0.270. The van der Waals surface area contributed by atoms with Crippen molar-refractivity contribution in [1.29, 1.82) is 0 Å². The van der Waals surface area contributed by atoms with Gasteiger partial charge in [-0.15, -0.1) is 0 Å². The van der Waals surface area contributed by atoms with Crippen LogP contribution in [0.3, 0.4) is 0 Å². The molecule has 19 atom stereocenters. The molecule has 0 aromatic heterocycles. The van der Waals surface area contributed by atoms with Crippen molar-refractivity contribution in [3.05, 3.63) is 12.2 Å². The van der Waals surface area contributed by atoms with E-state index in [4.69, 9.17) is 9.47 Å². The van der Waals surface area contributed by atoms with E-state index in [-0.39, 0.29) is 25.0 Å². The highest BCUT2D eigenvalue weighted by Gasteiger charge is 2.87. The molecule has 10 N–H and O–H groups in total. The third-order valence-electron chi connectivity index (χ3n) is 16.3. The second kappa shape index (κ2) is 11.1. The molecule has 0 aromatic rings. The third kappa shape index (κ3) is 4.12. The number of rotatable bonds is 5. The predicted molar refractivity (Wildman–Crippen MR) is 170 cm³/mol. The summed E-state index contributed by atoms with van der Waals surface area (Å²) in [7, 11) is 0. The first-order valence-electron chi connectivity index (χ1n) is 18.0. The van der Waals surface area contributed by atoms with Gasteiger partial charge in [0, 0.05) is 34.7 Å². The van der Waals surface area contributed by atoms with Crippen LogP contribution >= 0.6 is 0 Å². The standard InChI is InChI=1S/C36H56O13/c1-30(16-39)19-6-8-31(2)20(32(19,3)26(45)24(43)25(30)44)7-10-35-15-36(31,35)12-11-34(9-5-17(13-37)33(4,47)28(34)35)29(46)49-27-23(42)22(41)21(40)18(14-38)48-27/h7,10,17-28,37-45,47H,5-6,8-9,11-16H2,1-4H3/t17-,18-,19-,20+,21-,22+,23-,24-,25+,26+,27+,28+,30-,31+,32-,33+,34-,35+,36+/m0/s1. The number of ether oxygens (including phenoxy) is 2. The van der Waals surface area contributed by atoms with Crippen LogP contribution in [0.2, 0.25) is 0 Å². The Hall–Kier alpha value is -1.23. The molecule has 7 rings (SSSR count). The monoisotopic (exact) mass is 696 g/mol. The molecule has 1 aliphatic heterocycles. The van der Waals surface area contributed by atoms with E-state index in [1.807, 2.05) is 6.92 Å². The molecule has 0 unspecified atom stereocenters. The number of carbonyl (C=O) groups is 1. The van der Waals surface area contributed by atoms with Crippen LogP contribution in [0, 0.1) is 56.2 Å². The van der Waals surface area contributed by atoms with Crippen LogP contribution in [0.5, 0.6) is 0 Å². The van der Waals surface area contributed by atoms with Gasteiger partial charge >= 0.3 is 5.97 Å². The molecule has 5 saturated carbocycles. The second-order valence-corrected chi connectivity index (χ2v) is 17.9. The van der Waals surface area contributed by atoms with Gasteiger partial charge in [-0.2, -0.15) is 0 Å². The lowest BCUT2D eigenvalue weighted by Crippen LogP contribution is -2.72. The van der Waals surface area contributed by atoms with Crippen LogP contribution in [0.15, 0.2) is 12.2 Å². The van der Waals surface area contributed by atoms with Gasteiger partial charge in [0.15, 0.2) is 0 Å². The van der Waals surface area contributed by atoms with Gasteiger partial charge in [0.25, 0.3) is 0 Å². The Morgan fingerprint density at radius 1 is 0.837 bits per heavy atom. The average molecular weight is 697 g/mol. The molecule has 13 heteroatoms. The number of hydrogen-bond donors (Lipinski definition) is 10. The van der Waals surface area contributed by atoms with Crippen molar-refractivity contribution in [2.24, 2.45) is 56.2 Å². The molecule has 1 heterocycles. The molecule has 13 nitrogen and oxygen atoms in total. The molecule has 6 aliphatic carbocycles. The second-order valence-electron chi connectivity index (χ2n) is 17.9. The molecular formula is C36H56O13. The summed E-state index contributed by atoms with van der Waals surface area (Å²) in [6.07, 6.45) is -4.53. The van der Waals surface area contributed by atoms with E-state index in [2.05, 4.69) is 19.1 Å². The summed E-state index contributed by atoms with van der Waals surface area (Å²) in [5.41, 5.74) is -6.35. The number of carbonyl (C=O) groups excluding carboxylic acids is 1. The number of allylic oxidation sites excluding steroid dienone is 2. The van der Waals surface area contributed by atoms with E-state index < -0.39 is 112 Å². The molecule has 49 heavy (non-hydrogen) atoms. The zero-order chi connectivity index (χ0) is 35.9. The zero-order valence-electron chi connectivity index (χ0n) is 28.9. The summed E-state index contributed by atoms with van der Waals surface area (Å²) in [6.45, 7) is 6.27. The summed E-state index contributed by atoms with van der Waals surface area (Å²) in [4.78, 5) is 14.6. The van der Waals surface area contributed by atoms with Crippen molar-refractivity contribution in [2.45, 2.75) is 127 Å². The normalized spacial score (nSPS) is 60.6. The summed E-state index contributed by atoms with van der Waals surface area (Å²) < 4.78 is 11.4. The molecule has 0 bridgehead atoms. The first-order chi connectivity index (χ1) is 22.8. The lowest BCUT2D eigenvalue weighted by atomic mass is 9.35. The highest BCUT2D eigenvalue weighted by molar-refractivity contribution is 5.79. The Morgan fingerprint density at radius 2 is 1.53 bits per heavy atom. The largest absolute Gasteiger partial charge is 0.432 e. The van der Waals surface area contributed by atoms with Gasteiger partial charge in [-0.1, -0.05) is 32.9 Å². The fourth-order valence-corrected chi connectivity index (χ4v) is 13.7. The van der Waals surface area contributed by atoms with Crippen LogP contribution in [-0.2, 0) is 14.3 Å². The summed E-state index contributed by atoms with van der Waals surface area (Å²) in [6, 6.07) is 0. The van der Waals surface area contributed by atoms with E-state index in [0.29, 0.717) is 44.9 Å². The van der Waals surface area contributed by atoms with Crippen LogP contribution in [0.4, 0.5) is 0 Å². The van der Waals surface area contributed by atoms with E-state index >= 15 is 0 Å². The number of esters is 1. The number of fused-ring (bicyclic) bond motifs is 4. The molecule has 6 fully saturated rings. The summed E-state index contributed by atoms with van der Waals surface area (Å²) in [5.74, 6) is -2.56. The van der Waals surface area contributed by atoms with Crippen molar-refractivity contribution in [1.82, 2.24) is 0 Å². The Kier molecular flexibility index (Phi) is 8.22. The summed E-state index contributed by atoms with van der Waals surface area (Å²) >= 11 is 0. The van der Waals surface area contributed by atoms with Gasteiger partial charge in [-0.05, 0) is 74.5 Å². The highest BCUT2D eigenvalue weighted by atomic mass is 16.7. The molecule has 1 saturated heterocycles. The SMILES string of the molecule is C[C@@]1(O)[C@H](CO)CC[C@]2(C(=O)O[C@H]3O[C@@H](CO)[C@H](O)[C@@H](O)[C@@H]3O)CC[C@]34C[C@]3(C=C[C@H]3[C@@]5(C)[C@H](O)[C@@H](O)[C@@H](O)[C@@](C)(CO)[C@@H]5CC[C@]34C)[C@@H]21. The average Bonchev–Trinajstić information content (AvgIpc) is 3.78. The van der Waals surface area contributed by atoms with Gasteiger partial charge in [-0.3, -0.25) is 4.79 Å². The van der Waals surface area contributed by atoms with Crippen molar-refractivity contribution < 1.29 is 65.3 Å². The van der Waals surface area contributed by atoms with Gasteiger partial charge < -0.3 is 60.5 Å². The van der Waals surface area contributed by atoms with Gasteiger partial charge in [0.05, 0.1) is 36.4 Å². The van der Waals surface area contributed by atoms with E-state index in [1.54, 1.807) is 13.8 Å². The fourth-order valence-electron chi connectivity index (χ4n) is 13.7. The first kappa shape index (κ1) is 36.1.